The second kappa shape index (κ2) is 4.12. The van der Waals surface area contributed by atoms with Crippen molar-refractivity contribution in [2.45, 2.75) is 12.8 Å². The summed E-state index contributed by atoms with van der Waals surface area (Å²) < 4.78 is 5.17. The molecule has 0 radical (unpaired) electrons. The van der Waals surface area contributed by atoms with Crippen molar-refractivity contribution in [1.82, 2.24) is 0 Å². The molecule has 0 bridgehead atoms. The number of quaternary nitrogens is 1. The van der Waals surface area contributed by atoms with E-state index in [1.807, 2.05) is 12.1 Å². The Bertz CT molecular complexity index is 158. The zero-order valence-electron chi connectivity index (χ0n) is 6.34. The van der Waals surface area contributed by atoms with Gasteiger partial charge in [0, 0.05) is 12.8 Å². The average Bonchev–Trinajstić information content (AvgIpc) is 2.41. The van der Waals surface area contributed by atoms with Gasteiger partial charge in [0.25, 0.3) is 0 Å². The molecule has 2 heteroatoms. The van der Waals surface area contributed by atoms with Crippen molar-refractivity contribution in [2.75, 3.05) is 13.6 Å². The third-order valence-corrected chi connectivity index (χ3v) is 1.50. The fourth-order valence-electron chi connectivity index (χ4n) is 0.935. The zero-order chi connectivity index (χ0) is 7.23. The number of furan rings is 1. The maximum Gasteiger partial charge on any atom is 0.103 e. The molecule has 0 aliphatic carbocycles. The third kappa shape index (κ3) is 2.23. The molecule has 1 aromatic heterocycles. The van der Waals surface area contributed by atoms with Crippen molar-refractivity contribution in [2.24, 2.45) is 0 Å². The van der Waals surface area contributed by atoms with Crippen LogP contribution >= 0.6 is 0 Å². The van der Waals surface area contributed by atoms with Crippen LogP contribution < -0.4 is 5.32 Å². The first-order valence-electron chi connectivity index (χ1n) is 3.73. The molecule has 10 heavy (non-hydrogen) atoms. The summed E-state index contributed by atoms with van der Waals surface area (Å²) in [4.78, 5) is 0. The van der Waals surface area contributed by atoms with Gasteiger partial charge in [0.15, 0.2) is 0 Å². The summed E-state index contributed by atoms with van der Waals surface area (Å²) in [5.74, 6) is 1.10. The fourth-order valence-corrected chi connectivity index (χ4v) is 0.935. The van der Waals surface area contributed by atoms with Crippen LogP contribution in [0.5, 0.6) is 0 Å². The van der Waals surface area contributed by atoms with Crippen molar-refractivity contribution in [3.63, 3.8) is 0 Å². The highest BCUT2D eigenvalue weighted by Crippen LogP contribution is 2.01. The van der Waals surface area contributed by atoms with E-state index in [4.69, 9.17) is 4.42 Å². The Labute approximate surface area is 61.2 Å². The molecule has 56 valence electrons. The summed E-state index contributed by atoms with van der Waals surface area (Å²) in [6, 6.07) is 3.96. The lowest BCUT2D eigenvalue weighted by molar-refractivity contribution is -0.627. The summed E-state index contributed by atoms with van der Waals surface area (Å²) in [6.07, 6.45) is 3.99. The van der Waals surface area contributed by atoms with Gasteiger partial charge in [-0.15, -0.1) is 0 Å². The molecule has 0 aliphatic heterocycles. The predicted molar refractivity (Wildman–Crippen MR) is 39.7 cm³/mol. The van der Waals surface area contributed by atoms with Gasteiger partial charge in [0.2, 0.25) is 0 Å². The van der Waals surface area contributed by atoms with Gasteiger partial charge in [-0.2, -0.15) is 0 Å². The quantitative estimate of drug-likeness (QED) is 0.603. The minimum atomic E-state index is 1.07. The van der Waals surface area contributed by atoms with Crippen LogP contribution in [0, 0.1) is 0 Å². The van der Waals surface area contributed by atoms with Crippen LogP contribution in [0.4, 0.5) is 0 Å². The molecule has 0 aromatic carbocycles. The molecule has 2 N–H and O–H groups in total. The summed E-state index contributed by atoms with van der Waals surface area (Å²) >= 11 is 0. The van der Waals surface area contributed by atoms with Crippen LogP contribution in [0.3, 0.4) is 0 Å². The van der Waals surface area contributed by atoms with Gasteiger partial charge in [-0.1, -0.05) is 0 Å². The monoisotopic (exact) mass is 140 g/mol. The van der Waals surface area contributed by atoms with Gasteiger partial charge in [-0.25, -0.2) is 0 Å². The molecule has 2 nitrogen and oxygen atoms in total. The van der Waals surface area contributed by atoms with Crippen molar-refractivity contribution in [1.29, 1.82) is 0 Å². The molecular formula is C8H14NO+. The molecule has 1 rings (SSSR count). The molecule has 0 aliphatic rings. The summed E-state index contributed by atoms with van der Waals surface area (Å²) in [7, 11) is 2.09. The first-order chi connectivity index (χ1) is 4.93. The van der Waals surface area contributed by atoms with E-state index < -0.39 is 0 Å². The minimum Gasteiger partial charge on any atom is -0.469 e. The lowest BCUT2D eigenvalue weighted by Gasteiger charge is -1.92. The van der Waals surface area contributed by atoms with E-state index in [9.17, 15) is 0 Å². The highest BCUT2D eigenvalue weighted by atomic mass is 16.3. The molecule has 0 saturated carbocycles. The van der Waals surface area contributed by atoms with Crippen molar-refractivity contribution in [3.8, 4) is 0 Å². The van der Waals surface area contributed by atoms with Gasteiger partial charge in [-0.3, -0.25) is 0 Å². The second-order valence-corrected chi connectivity index (χ2v) is 2.38. The van der Waals surface area contributed by atoms with Crippen molar-refractivity contribution in [3.05, 3.63) is 24.2 Å². The number of hydrogen-bond donors (Lipinski definition) is 1. The molecular weight excluding hydrogens is 126 g/mol. The molecule has 0 atom stereocenters. The van der Waals surface area contributed by atoms with E-state index in [1.165, 1.54) is 13.0 Å². The van der Waals surface area contributed by atoms with Gasteiger partial charge >= 0.3 is 0 Å². The number of rotatable bonds is 4. The van der Waals surface area contributed by atoms with E-state index in [-0.39, 0.29) is 0 Å². The Kier molecular flexibility index (Phi) is 3.03. The predicted octanol–water partition coefficient (Wildman–Crippen LogP) is 0.405. The molecule has 0 amide bonds. The summed E-state index contributed by atoms with van der Waals surface area (Å²) in [5.41, 5.74) is 0. The summed E-state index contributed by atoms with van der Waals surface area (Å²) in [5, 5.41) is 2.18. The van der Waals surface area contributed by atoms with Crippen LogP contribution in [-0.2, 0) is 6.42 Å². The lowest BCUT2D eigenvalue weighted by Crippen LogP contribution is -2.79. The molecule has 0 fully saturated rings. The first-order valence-corrected chi connectivity index (χ1v) is 3.73. The molecule has 0 unspecified atom stereocenters. The fraction of sp³-hybridized carbons (Fsp3) is 0.500. The van der Waals surface area contributed by atoms with E-state index in [1.54, 1.807) is 6.26 Å². The molecule has 1 aromatic rings. The van der Waals surface area contributed by atoms with Crippen LogP contribution in [0.1, 0.15) is 12.2 Å². The Balaban J connectivity index is 2.15. The highest BCUT2D eigenvalue weighted by Gasteiger charge is 1.94. The molecule has 0 spiro atoms. The average molecular weight is 140 g/mol. The Morgan fingerprint density at radius 1 is 1.60 bits per heavy atom. The van der Waals surface area contributed by atoms with Gasteiger partial charge in [0.1, 0.15) is 5.76 Å². The van der Waals surface area contributed by atoms with Crippen molar-refractivity contribution >= 4 is 0 Å². The summed E-state index contributed by atoms with van der Waals surface area (Å²) in [6.45, 7) is 1.18. The highest BCUT2D eigenvalue weighted by molar-refractivity contribution is 4.97. The Morgan fingerprint density at radius 3 is 3.10 bits per heavy atom. The Hall–Kier alpha value is -0.760. The number of nitrogens with two attached hydrogens (primary N) is 1. The van der Waals surface area contributed by atoms with Crippen molar-refractivity contribution < 1.29 is 9.73 Å². The normalized spacial score (nSPS) is 10.1. The van der Waals surface area contributed by atoms with E-state index >= 15 is 0 Å². The molecule has 1 heterocycles. The van der Waals surface area contributed by atoms with Crippen LogP contribution in [0.25, 0.3) is 0 Å². The zero-order valence-corrected chi connectivity index (χ0v) is 6.34. The largest absolute Gasteiger partial charge is 0.469 e. The second-order valence-electron chi connectivity index (χ2n) is 2.38. The smallest absolute Gasteiger partial charge is 0.103 e. The third-order valence-electron chi connectivity index (χ3n) is 1.50. The van der Waals surface area contributed by atoms with Crippen LogP contribution in [0.2, 0.25) is 0 Å². The van der Waals surface area contributed by atoms with E-state index in [0.29, 0.717) is 0 Å². The topological polar surface area (TPSA) is 29.8 Å². The van der Waals surface area contributed by atoms with Gasteiger partial charge in [-0.05, 0) is 12.1 Å². The minimum absolute atomic E-state index is 1.07. The number of aryl methyl sites for hydroxylation is 1. The number of hydrogen-bond acceptors (Lipinski definition) is 1. The first kappa shape index (κ1) is 7.35. The van der Waals surface area contributed by atoms with Crippen LogP contribution in [0.15, 0.2) is 22.8 Å². The van der Waals surface area contributed by atoms with Gasteiger partial charge in [0.05, 0.1) is 19.9 Å². The Morgan fingerprint density at radius 2 is 2.50 bits per heavy atom. The maximum atomic E-state index is 5.17. The molecule has 0 saturated heterocycles. The maximum absolute atomic E-state index is 5.17. The standard InChI is InChI=1S/C8H13NO/c1-9-6-2-4-8-5-3-7-10-8/h3,5,7,9H,2,4,6H2,1H3/p+1. The SMILES string of the molecule is C[NH2+]CCCc1ccco1. The van der Waals surface area contributed by atoms with Gasteiger partial charge < -0.3 is 9.73 Å². The van der Waals surface area contributed by atoms with Crippen LogP contribution in [-0.4, -0.2) is 13.6 Å². The lowest BCUT2D eigenvalue weighted by atomic mass is 10.2. The van der Waals surface area contributed by atoms with E-state index in [2.05, 4.69) is 12.4 Å². The van der Waals surface area contributed by atoms with E-state index in [0.717, 1.165) is 12.2 Å².